The van der Waals surface area contributed by atoms with Crippen molar-refractivity contribution in [2.45, 2.75) is 44.9 Å². The number of aryl methyl sites for hydroxylation is 1. The van der Waals surface area contributed by atoms with Gasteiger partial charge in [0.05, 0.1) is 24.3 Å². The predicted octanol–water partition coefficient (Wildman–Crippen LogP) is 4.64. The molecule has 1 aliphatic heterocycles. The van der Waals surface area contributed by atoms with Crippen molar-refractivity contribution in [3.8, 4) is 11.5 Å². The van der Waals surface area contributed by atoms with E-state index < -0.39 is 0 Å². The number of fused-ring (bicyclic) bond motifs is 2. The molecule has 0 amide bonds. The lowest BCUT2D eigenvalue weighted by atomic mass is 9.94. The SMILES string of the molecule is COc1cc2c(Cl)c3c(nc2cc1OCCCN1CCCC1)CCCC3. The van der Waals surface area contributed by atoms with E-state index in [2.05, 4.69) is 4.90 Å². The summed E-state index contributed by atoms with van der Waals surface area (Å²) in [6.45, 7) is 4.25. The molecule has 4 rings (SSSR count). The first-order chi connectivity index (χ1) is 12.8. The predicted molar refractivity (Wildman–Crippen MR) is 106 cm³/mol. The topological polar surface area (TPSA) is 34.6 Å². The van der Waals surface area contributed by atoms with Crippen molar-refractivity contribution in [3.05, 3.63) is 28.4 Å². The zero-order valence-corrected chi connectivity index (χ0v) is 16.3. The lowest BCUT2D eigenvalue weighted by molar-refractivity contribution is 0.254. The van der Waals surface area contributed by atoms with Crippen LogP contribution < -0.4 is 9.47 Å². The molecule has 2 aliphatic rings. The van der Waals surface area contributed by atoms with Gasteiger partial charge in [-0.3, -0.25) is 4.98 Å². The van der Waals surface area contributed by atoms with Gasteiger partial charge in [-0.25, -0.2) is 0 Å². The minimum atomic E-state index is 0.692. The van der Waals surface area contributed by atoms with Crippen molar-refractivity contribution in [1.29, 1.82) is 0 Å². The molecule has 0 spiro atoms. The highest BCUT2D eigenvalue weighted by Gasteiger charge is 2.19. The Hall–Kier alpha value is -1.52. The molecule has 0 saturated carbocycles. The summed E-state index contributed by atoms with van der Waals surface area (Å²) in [6.07, 6.45) is 8.11. The van der Waals surface area contributed by atoms with Gasteiger partial charge >= 0.3 is 0 Å². The maximum absolute atomic E-state index is 6.70. The van der Waals surface area contributed by atoms with E-state index in [4.69, 9.17) is 26.1 Å². The van der Waals surface area contributed by atoms with Crippen LogP contribution in [0.15, 0.2) is 12.1 Å². The smallest absolute Gasteiger partial charge is 0.163 e. The van der Waals surface area contributed by atoms with Crippen LogP contribution in [0.4, 0.5) is 0 Å². The summed E-state index contributed by atoms with van der Waals surface area (Å²) in [5, 5.41) is 1.80. The van der Waals surface area contributed by atoms with Gasteiger partial charge in [0.25, 0.3) is 0 Å². The van der Waals surface area contributed by atoms with Gasteiger partial charge in [-0.05, 0) is 69.7 Å². The molecule has 1 aliphatic carbocycles. The van der Waals surface area contributed by atoms with Crippen molar-refractivity contribution < 1.29 is 9.47 Å². The van der Waals surface area contributed by atoms with E-state index in [-0.39, 0.29) is 0 Å². The fourth-order valence-electron chi connectivity index (χ4n) is 4.12. The maximum atomic E-state index is 6.70. The Bertz CT molecular complexity index is 787. The molecular formula is C21H27ClN2O2. The Morgan fingerprint density at radius 2 is 1.88 bits per heavy atom. The van der Waals surface area contributed by atoms with E-state index in [1.165, 1.54) is 44.3 Å². The molecule has 2 heterocycles. The summed E-state index contributed by atoms with van der Waals surface area (Å²) in [7, 11) is 1.68. The standard InChI is InChI=1S/C21H27ClN2O2/c1-25-19-13-16-18(23-17-8-3-2-7-15(17)21(16)22)14-20(19)26-12-6-11-24-9-4-5-10-24/h13-14H,2-12H2,1H3. The van der Waals surface area contributed by atoms with Crippen molar-refractivity contribution in [2.75, 3.05) is 33.4 Å². The molecule has 4 nitrogen and oxygen atoms in total. The minimum absolute atomic E-state index is 0.692. The number of ether oxygens (including phenoxy) is 2. The number of hydrogen-bond acceptors (Lipinski definition) is 4. The van der Waals surface area contributed by atoms with Gasteiger partial charge in [0, 0.05) is 23.7 Å². The van der Waals surface area contributed by atoms with Crippen LogP contribution in [-0.2, 0) is 12.8 Å². The third-order valence-electron chi connectivity index (χ3n) is 5.55. The number of nitrogens with zero attached hydrogens (tertiary/aromatic N) is 2. The van der Waals surface area contributed by atoms with Gasteiger partial charge in [-0.2, -0.15) is 0 Å². The van der Waals surface area contributed by atoms with Crippen molar-refractivity contribution in [3.63, 3.8) is 0 Å². The molecule has 0 unspecified atom stereocenters. The number of halogens is 1. The second-order valence-electron chi connectivity index (χ2n) is 7.33. The minimum Gasteiger partial charge on any atom is -0.493 e. The number of hydrogen-bond donors (Lipinski definition) is 0. The molecule has 0 atom stereocenters. The largest absolute Gasteiger partial charge is 0.493 e. The molecule has 0 radical (unpaired) electrons. The summed E-state index contributed by atoms with van der Waals surface area (Å²) in [4.78, 5) is 7.38. The van der Waals surface area contributed by atoms with E-state index in [0.29, 0.717) is 6.61 Å². The molecule has 5 heteroatoms. The fourth-order valence-corrected chi connectivity index (χ4v) is 4.48. The van der Waals surface area contributed by atoms with E-state index in [9.17, 15) is 0 Å². The van der Waals surface area contributed by atoms with E-state index >= 15 is 0 Å². The Balaban J connectivity index is 1.53. The van der Waals surface area contributed by atoms with Crippen LogP contribution in [-0.4, -0.2) is 43.2 Å². The first-order valence-electron chi connectivity index (χ1n) is 9.80. The first kappa shape index (κ1) is 17.9. The molecule has 1 aromatic carbocycles. The number of rotatable bonds is 6. The second kappa shape index (κ2) is 8.01. The quantitative estimate of drug-likeness (QED) is 0.690. The maximum Gasteiger partial charge on any atom is 0.163 e. The number of benzene rings is 1. The molecule has 1 fully saturated rings. The van der Waals surface area contributed by atoms with Crippen molar-refractivity contribution in [2.24, 2.45) is 0 Å². The molecule has 0 N–H and O–H groups in total. The summed E-state index contributed by atoms with van der Waals surface area (Å²) < 4.78 is 11.6. The fraction of sp³-hybridized carbons (Fsp3) is 0.571. The molecule has 1 saturated heterocycles. The highest BCUT2D eigenvalue weighted by molar-refractivity contribution is 6.36. The summed E-state index contributed by atoms with van der Waals surface area (Å²) in [6, 6.07) is 3.97. The van der Waals surface area contributed by atoms with Crippen LogP contribution in [0.3, 0.4) is 0 Å². The average Bonchev–Trinajstić information content (AvgIpc) is 3.18. The Morgan fingerprint density at radius 1 is 1.08 bits per heavy atom. The van der Waals surface area contributed by atoms with Crippen LogP contribution in [0, 0.1) is 0 Å². The highest BCUT2D eigenvalue weighted by Crippen LogP contribution is 2.38. The lowest BCUT2D eigenvalue weighted by Gasteiger charge is -2.19. The van der Waals surface area contributed by atoms with Crippen molar-refractivity contribution >= 4 is 22.5 Å². The molecule has 0 bridgehead atoms. The van der Waals surface area contributed by atoms with Crippen LogP contribution in [0.1, 0.15) is 43.4 Å². The summed E-state index contributed by atoms with van der Waals surface area (Å²) in [5.74, 6) is 1.50. The Morgan fingerprint density at radius 3 is 2.69 bits per heavy atom. The molecule has 140 valence electrons. The molecule has 2 aromatic rings. The summed E-state index contributed by atoms with van der Waals surface area (Å²) >= 11 is 6.70. The van der Waals surface area contributed by atoms with Gasteiger partial charge in [0.1, 0.15) is 0 Å². The average molecular weight is 375 g/mol. The number of pyridine rings is 1. The van der Waals surface area contributed by atoms with Crippen LogP contribution >= 0.6 is 11.6 Å². The number of likely N-dealkylation sites (tertiary alicyclic amines) is 1. The van der Waals surface area contributed by atoms with E-state index in [1.54, 1.807) is 7.11 Å². The van der Waals surface area contributed by atoms with E-state index in [0.717, 1.165) is 58.9 Å². The van der Waals surface area contributed by atoms with Crippen molar-refractivity contribution in [1.82, 2.24) is 9.88 Å². The summed E-state index contributed by atoms with van der Waals surface area (Å²) in [5.41, 5.74) is 3.27. The number of aromatic nitrogens is 1. The zero-order chi connectivity index (χ0) is 17.9. The zero-order valence-electron chi connectivity index (χ0n) is 15.5. The molecule has 26 heavy (non-hydrogen) atoms. The van der Waals surface area contributed by atoms with Gasteiger partial charge in [-0.15, -0.1) is 0 Å². The Labute approximate surface area is 160 Å². The first-order valence-corrected chi connectivity index (χ1v) is 10.2. The van der Waals surface area contributed by atoms with E-state index in [1.807, 2.05) is 12.1 Å². The highest BCUT2D eigenvalue weighted by atomic mass is 35.5. The van der Waals surface area contributed by atoms with Crippen LogP contribution in [0.25, 0.3) is 10.9 Å². The van der Waals surface area contributed by atoms with Crippen LogP contribution in [0.5, 0.6) is 11.5 Å². The monoisotopic (exact) mass is 374 g/mol. The lowest BCUT2D eigenvalue weighted by Crippen LogP contribution is -2.21. The second-order valence-corrected chi connectivity index (χ2v) is 7.71. The third kappa shape index (κ3) is 3.63. The van der Waals surface area contributed by atoms with Gasteiger partial charge < -0.3 is 14.4 Å². The third-order valence-corrected chi connectivity index (χ3v) is 5.98. The van der Waals surface area contributed by atoms with Crippen LogP contribution in [0.2, 0.25) is 5.02 Å². The molecular weight excluding hydrogens is 348 g/mol. The normalized spacial score (nSPS) is 17.5. The van der Waals surface area contributed by atoms with Gasteiger partial charge in [0.2, 0.25) is 0 Å². The Kier molecular flexibility index (Phi) is 5.51. The van der Waals surface area contributed by atoms with Gasteiger partial charge in [-0.1, -0.05) is 11.6 Å². The number of methoxy groups -OCH3 is 1. The van der Waals surface area contributed by atoms with Gasteiger partial charge in [0.15, 0.2) is 11.5 Å². The molecule has 1 aromatic heterocycles.